The molecule has 2 aromatic rings. The quantitative estimate of drug-likeness (QED) is 0.778. The molecule has 2 aliphatic rings. The van der Waals surface area contributed by atoms with Gasteiger partial charge < -0.3 is 14.8 Å². The molecular weight excluding hydrogens is 360 g/mol. The van der Waals surface area contributed by atoms with E-state index in [-0.39, 0.29) is 30.3 Å². The highest BCUT2D eigenvalue weighted by Crippen LogP contribution is 2.35. The predicted octanol–water partition coefficient (Wildman–Crippen LogP) is 2.39. The highest BCUT2D eigenvalue weighted by Gasteiger charge is 2.44. The van der Waals surface area contributed by atoms with Gasteiger partial charge in [0.2, 0.25) is 0 Å². The number of rotatable bonds is 6. The molecule has 1 N–H and O–H groups in total. The number of hydrogen-bond donors (Lipinski definition) is 1. The normalized spacial score (nSPS) is 15.4. The first-order chi connectivity index (χ1) is 13.5. The number of hydrogen-bond acceptors (Lipinski definition) is 5. The molecule has 2 aromatic carbocycles. The second-order valence-electron chi connectivity index (χ2n) is 6.84. The molecule has 0 atom stereocenters. The first-order valence-electron chi connectivity index (χ1n) is 9.04. The smallest absolute Gasteiger partial charge is 0.261 e. The van der Waals surface area contributed by atoms with Gasteiger partial charge in [-0.1, -0.05) is 6.07 Å². The topological polar surface area (TPSA) is 84.9 Å². The molecule has 0 aromatic heterocycles. The average Bonchev–Trinajstić information content (AvgIpc) is 3.52. The first kappa shape index (κ1) is 18.0. The molecule has 4 rings (SSSR count). The maximum absolute atomic E-state index is 12.5. The van der Waals surface area contributed by atoms with Crippen molar-refractivity contribution in [2.24, 2.45) is 0 Å². The summed E-state index contributed by atoms with van der Waals surface area (Å²) in [4.78, 5) is 38.7. The van der Waals surface area contributed by atoms with Gasteiger partial charge in [0.25, 0.3) is 17.7 Å². The zero-order valence-corrected chi connectivity index (χ0v) is 15.7. The fourth-order valence-electron chi connectivity index (χ4n) is 3.34. The molecule has 1 fully saturated rings. The van der Waals surface area contributed by atoms with Crippen molar-refractivity contribution in [3.63, 3.8) is 0 Å². The van der Waals surface area contributed by atoms with Gasteiger partial charge in [0, 0.05) is 18.2 Å². The van der Waals surface area contributed by atoms with Crippen LogP contribution in [0.2, 0.25) is 0 Å². The van der Waals surface area contributed by atoms with Gasteiger partial charge in [-0.15, -0.1) is 0 Å². The van der Waals surface area contributed by atoms with E-state index < -0.39 is 0 Å². The number of carbonyl (C=O) groups is 3. The van der Waals surface area contributed by atoms with Crippen LogP contribution < -0.4 is 14.8 Å². The Balaban J connectivity index is 1.48. The SMILES string of the molecule is COc1ccc(CNC(=O)c2ccc3c(c2)C(=O)N(C2CC2)C3=O)cc1OC. The molecule has 0 unspecified atom stereocenters. The fraction of sp³-hybridized carbons (Fsp3) is 0.286. The zero-order chi connectivity index (χ0) is 19.8. The molecule has 0 bridgehead atoms. The van der Waals surface area contributed by atoms with Gasteiger partial charge >= 0.3 is 0 Å². The lowest BCUT2D eigenvalue weighted by molar-refractivity contribution is 0.0642. The third-order valence-electron chi connectivity index (χ3n) is 4.99. The Hall–Kier alpha value is -3.35. The Labute approximate surface area is 162 Å². The van der Waals surface area contributed by atoms with Gasteiger partial charge in [-0.25, -0.2) is 0 Å². The van der Waals surface area contributed by atoms with Crippen molar-refractivity contribution >= 4 is 17.7 Å². The summed E-state index contributed by atoms with van der Waals surface area (Å²) in [7, 11) is 3.11. The van der Waals surface area contributed by atoms with E-state index in [9.17, 15) is 14.4 Å². The van der Waals surface area contributed by atoms with Crippen molar-refractivity contribution in [1.29, 1.82) is 0 Å². The van der Waals surface area contributed by atoms with Crippen molar-refractivity contribution < 1.29 is 23.9 Å². The van der Waals surface area contributed by atoms with Crippen LogP contribution in [0.15, 0.2) is 36.4 Å². The van der Waals surface area contributed by atoms with Crippen molar-refractivity contribution in [2.75, 3.05) is 14.2 Å². The molecule has 0 saturated heterocycles. The molecule has 1 saturated carbocycles. The summed E-state index contributed by atoms with van der Waals surface area (Å²) < 4.78 is 10.5. The van der Waals surface area contributed by atoms with Crippen LogP contribution in [0.5, 0.6) is 11.5 Å². The van der Waals surface area contributed by atoms with Crippen LogP contribution in [0.1, 0.15) is 49.5 Å². The van der Waals surface area contributed by atoms with Gasteiger partial charge in [0.15, 0.2) is 11.5 Å². The number of imide groups is 1. The molecule has 28 heavy (non-hydrogen) atoms. The minimum absolute atomic E-state index is 0.00901. The summed E-state index contributed by atoms with van der Waals surface area (Å²) in [5, 5.41) is 2.82. The van der Waals surface area contributed by atoms with Crippen LogP contribution in [-0.2, 0) is 6.54 Å². The monoisotopic (exact) mass is 380 g/mol. The van der Waals surface area contributed by atoms with Crippen molar-refractivity contribution in [2.45, 2.75) is 25.4 Å². The number of nitrogens with zero attached hydrogens (tertiary/aromatic N) is 1. The highest BCUT2D eigenvalue weighted by atomic mass is 16.5. The summed E-state index contributed by atoms with van der Waals surface area (Å²) >= 11 is 0. The van der Waals surface area contributed by atoms with Crippen LogP contribution in [0.3, 0.4) is 0 Å². The molecule has 1 aliphatic carbocycles. The lowest BCUT2D eigenvalue weighted by Gasteiger charge is -2.11. The minimum atomic E-state index is -0.317. The second kappa shape index (κ2) is 6.99. The van der Waals surface area contributed by atoms with E-state index >= 15 is 0 Å². The molecule has 7 nitrogen and oxygen atoms in total. The van der Waals surface area contributed by atoms with Gasteiger partial charge in [0.1, 0.15) is 0 Å². The molecule has 144 valence electrons. The Morgan fingerprint density at radius 2 is 1.71 bits per heavy atom. The van der Waals surface area contributed by atoms with E-state index in [0.29, 0.717) is 28.2 Å². The standard InChI is InChI=1S/C21H20N2O5/c1-27-17-8-3-12(9-18(17)28-2)11-22-19(24)13-4-7-15-16(10-13)21(26)23(20(15)25)14-5-6-14/h3-4,7-10,14H,5-6,11H2,1-2H3,(H,22,24). The molecule has 0 spiro atoms. The van der Waals surface area contributed by atoms with Gasteiger partial charge in [-0.05, 0) is 48.7 Å². The van der Waals surface area contributed by atoms with Crippen molar-refractivity contribution in [3.05, 3.63) is 58.7 Å². The van der Waals surface area contributed by atoms with Gasteiger partial charge in [0.05, 0.1) is 25.3 Å². The van der Waals surface area contributed by atoms with E-state index in [0.717, 1.165) is 18.4 Å². The Kier molecular flexibility index (Phi) is 4.50. The number of nitrogens with one attached hydrogen (secondary N) is 1. The molecule has 0 radical (unpaired) electrons. The Bertz CT molecular complexity index is 981. The van der Waals surface area contributed by atoms with Crippen molar-refractivity contribution in [3.8, 4) is 11.5 Å². The highest BCUT2D eigenvalue weighted by molar-refractivity contribution is 6.22. The third kappa shape index (κ3) is 3.09. The fourth-order valence-corrected chi connectivity index (χ4v) is 3.34. The van der Waals surface area contributed by atoms with Gasteiger partial charge in [-0.2, -0.15) is 0 Å². The van der Waals surface area contributed by atoms with Crippen LogP contribution in [-0.4, -0.2) is 42.9 Å². The van der Waals surface area contributed by atoms with E-state index in [1.165, 1.54) is 11.0 Å². The number of methoxy groups -OCH3 is 2. The maximum Gasteiger partial charge on any atom is 0.261 e. The van der Waals surface area contributed by atoms with E-state index in [4.69, 9.17) is 9.47 Å². The number of fused-ring (bicyclic) bond motifs is 1. The van der Waals surface area contributed by atoms with Crippen molar-refractivity contribution in [1.82, 2.24) is 10.2 Å². The molecule has 1 heterocycles. The minimum Gasteiger partial charge on any atom is -0.493 e. The lowest BCUT2D eigenvalue weighted by Crippen LogP contribution is -2.31. The van der Waals surface area contributed by atoms with E-state index in [1.807, 2.05) is 6.07 Å². The van der Waals surface area contributed by atoms with Crippen LogP contribution in [0, 0.1) is 0 Å². The zero-order valence-electron chi connectivity index (χ0n) is 15.7. The predicted molar refractivity (Wildman–Crippen MR) is 101 cm³/mol. The third-order valence-corrected chi connectivity index (χ3v) is 4.99. The first-order valence-corrected chi connectivity index (χ1v) is 9.04. The maximum atomic E-state index is 12.5. The largest absolute Gasteiger partial charge is 0.493 e. The van der Waals surface area contributed by atoms with Crippen LogP contribution in [0.25, 0.3) is 0 Å². The molecular formula is C21H20N2O5. The van der Waals surface area contributed by atoms with E-state index in [2.05, 4.69) is 5.32 Å². The average molecular weight is 380 g/mol. The molecule has 7 heteroatoms. The summed E-state index contributed by atoms with van der Waals surface area (Å²) in [6, 6.07) is 10.0. The summed E-state index contributed by atoms with van der Waals surface area (Å²) in [6.07, 6.45) is 1.70. The Morgan fingerprint density at radius 1 is 1.00 bits per heavy atom. The van der Waals surface area contributed by atoms with Crippen LogP contribution in [0.4, 0.5) is 0 Å². The number of benzene rings is 2. The van der Waals surface area contributed by atoms with E-state index in [1.54, 1.807) is 38.5 Å². The number of carbonyl (C=O) groups excluding carboxylic acids is 3. The van der Waals surface area contributed by atoms with Gasteiger partial charge in [-0.3, -0.25) is 19.3 Å². The second-order valence-corrected chi connectivity index (χ2v) is 6.84. The lowest BCUT2D eigenvalue weighted by atomic mass is 10.1. The molecule has 3 amide bonds. The molecule has 1 aliphatic heterocycles. The summed E-state index contributed by atoms with van der Waals surface area (Å²) in [5.74, 6) is 0.301. The van der Waals surface area contributed by atoms with Crippen LogP contribution >= 0.6 is 0 Å². The Morgan fingerprint density at radius 3 is 2.39 bits per heavy atom. The summed E-state index contributed by atoms with van der Waals surface area (Å²) in [5.41, 5.74) is 1.86. The number of ether oxygens (including phenoxy) is 2. The summed E-state index contributed by atoms with van der Waals surface area (Å²) in [6.45, 7) is 0.289. The number of amides is 3.